The second-order valence-corrected chi connectivity index (χ2v) is 9.96. The second kappa shape index (κ2) is 5.68. The second-order valence-electron chi connectivity index (χ2n) is 9.96. The summed E-state index contributed by atoms with van der Waals surface area (Å²) < 4.78 is 2.13. The highest BCUT2D eigenvalue weighted by Gasteiger charge is 2.61. The van der Waals surface area contributed by atoms with Gasteiger partial charge in [0.15, 0.2) is 0 Å². The molecule has 1 aromatic heterocycles. The Morgan fingerprint density at radius 3 is 2.77 bits per heavy atom. The summed E-state index contributed by atoms with van der Waals surface area (Å²) in [6.45, 7) is 4.80. The lowest BCUT2D eigenvalue weighted by Gasteiger charge is -2.57. The molecule has 4 heteroatoms. The molecule has 0 aromatic carbocycles. The van der Waals surface area contributed by atoms with Crippen LogP contribution in [0.15, 0.2) is 30.4 Å². The van der Waals surface area contributed by atoms with Gasteiger partial charge in [0.2, 0.25) is 0 Å². The van der Waals surface area contributed by atoms with Crippen LogP contribution in [-0.2, 0) is 0 Å². The molecule has 1 heterocycles. The lowest BCUT2D eigenvalue weighted by atomic mass is 9.48. The van der Waals surface area contributed by atoms with E-state index in [1.165, 1.54) is 12.0 Å². The van der Waals surface area contributed by atoms with Gasteiger partial charge in [0.05, 0.1) is 24.6 Å². The predicted octanol–water partition coefficient (Wildman–Crippen LogP) is 3.72. The van der Waals surface area contributed by atoms with Crippen LogP contribution in [-0.4, -0.2) is 32.0 Å². The molecule has 4 aliphatic rings. The van der Waals surface area contributed by atoms with Crippen LogP contribution >= 0.6 is 0 Å². The number of aromatic nitrogens is 2. The van der Waals surface area contributed by atoms with Crippen molar-refractivity contribution in [2.45, 2.75) is 77.0 Å². The zero-order chi connectivity index (χ0) is 18.1. The summed E-state index contributed by atoms with van der Waals surface area (Å²) in [6, 6.07) is 0.164. The third-order valence-corrected chi connectivity index (χ3v) is 8.96. The standard InChI is InChI=1S/C22H32N2O2/c1-21-7-5-15(25)11-14(21)3-4-16-17(21)6-8-22(2)18(16)12-19(20(22)26)24-10-9-23-13-24/h3,9-10,13,15-20,25-26H,4-8,11-12H2,1-2H3/t15?,16-,17+,18+,19-,20?,21+,22+/m1/s1. The third-order valence-electron chi connectivity index (χ3n) is 8.96. The minimum atomic E-state index is -0.283. The Hall–Kier alpha value is -1.13. The molecule has 5 rings (SSSR count). The molecular formula is C22H32N2O2. The van der Waals surface area contributed by atoms with E-state index in [4.69, 9.17) is 0 Å². The number of rotatable bonds is 1. The van der Waals surface area contributed by atoms with Crippen LogP contribution in [0.3, 0.4) is 0 Å². The first-order valence-corrected chi connectivity index (χ1v) is 10.5. The van der Waals surface area contributed by atoms with Gasteiger partial charge in [-0.25, -0.2) is 4.98 Å². The molecule has 26 heavy (non-hydrogen) atoms. The Kier molecular flexibility index (Phi) is 3.72. The van der Waals surface area contributed by atoms with Crippen molar-refractivity contribution in [3.05, 3.63) is 30.4 Å². The monoisotopic (exact) mass is 356 g/mol. The van der Waals surface area contributed by atoms with E-state index in [0.717, 1.165) is 38.5 Å². The van der Waals surface area contributed by atoms with Gasteiger partial charge in [-0.1, -0.05) is 25.5 Å². The molecule has 1 aromatic rings. The number of aliphatic hydroxyl groups excluding tert-OH is 2. The summed E-state index contributed by atoms with van der Waals surface area (Å²) in [5, 5.41) is 21.4. The predicted molar refractivity (Wildman–Crippen MR) is 100 cm³/mol. The SMILES string of the molecule is C[C@]12CCC(O)CC1=CC[C@@H]1[C@@H]2CC[C@]2(C)C(O)[C@H](n3ccnc3)C[C@@H]12. The van der Waals surface area contributed by atoms with Crippen molar-refractivity contribution in [3.8, 4) is 0 Å². The van der Waals surface area contributed by atoms with Crippen molar-refractivity contribution in [2.24, 2.45) is 28.6 Å². The largest absolute Gasteiger partial charge is 0.393 e. The van der Waals surface area contributed by atoms with Gasteiger partial charge in [0.25, 0.3) is 0 Å². The molecule has 8 atom stereocenters. The molecule has 2 unspecified atom stereocenters. The average Bonchev–Trinajstić information content (AvgIpc) is 3.23. The molecule has 0 radical (unpaired) electrons. The smallest absolute Gasteiger partial charge is 0.0949 e. The van der Waals surface area contributed by atoms with Crippen LogP contribution in [0.5, 0.6) is 0 Å². The average molecular weight is 357 g/mol. The fourth-order valence-corrected chi connectivity index (χ4v) is 7.38. The minimum Gasteiger partial charge on any atom is -0.393 e. The first kappa shape index (κ1) is 17.0. The van der Waals surface area contributed by atoms with Crippen LogP contribution in [0, 0.1) is 28.6 Å². The molecule has 0 bridgehead atoms. The van der Waals surface area contributed by atoms with E-state index in [2.05, 4.69) is 29.5 Å². The van der Waals surface area contributed by atoms with Gasteiger partial charge < -0.3 is 14.8 Å². The summed E-state index contributed by atoms with van der Waals surface area (Å²) >= 11 is 0. The zero-order valence-corrected chi connectivity index (χ0v) is 16.0. The fourth-order valence-electron chi connectivity index (χ4n) is 7.38. The molecule has 4 aliphatic carbocycles. The van der Waals surface area contributed by atoms with E-state index in [1.54, 1.807) is 0 Å². The number of hydrogen-bond donors (Lipinski definition) is 2. The Labute approximate surface area is 156 Å². The van der Waals surface area contributed by atoms with E-state index in [1.807, 2.05) is 18.7 Å². The van der Waals surface area contributed by atoms with Crippen molar-refractivity contribution in [2.75, 3.05) is 0 Å². The minimum absolute atomic E-state index is 0.0198. The number of allylic oxidation sites excluding steroid dienone is 1. The summed E-state index contributed by atoms with van der Waals surface area (Å²) in [6.07, 6.45) is 15.2. The van der Waals surface area contributed by atoms with E-state index in [0.29, 0.717) is 17.8 Å². The van der Waals surface area contributed by atoms with Crippen LogP contribution in [0.1, 0.15) is 64.8 Å². The van der Waals surface area contributed by atoms with Gasteiger partial charge >= 0.3 is 0 Å². The Balaban J connectivity index is 1.48. The molecule has 3 saturated carbocycles. The molecule has 3 fully saturated rings. The number of nitrogens with zero attached hydrogens (tertiary/aromatic N) is 2. The fraction of sp³-hybridized carbons (Fsp3) is 0.773. The summed E-state index contributed by atoms with van der Waals surface area (Å²) in [4.78, 5) is 4.21. The topological polar surface area (TPSA) is 58.3 Å². The van der Waals surface area contributed by atoms with Crippen LogP contribution in [0.25, 0.3) is 0 Å². The van der Waals surface area contributed by atoms with Gasteiger partial charge in [-0.15, -0.1) is 0 Å². The van der Waals surface area contributed by atoms with Crippen molar-refractivity contribution in [1.29, 1.82) is 0 Å². The van der Waals surface area contributed by atoms with Crippen LogP contribution < -0.4 is 0 Å². The molecule has 0 amide bonds. The number of fused-ring (bicyclic) bond motifs is 5. The first-order chi connectivity index (χ1) is 12.4. The van der Waals surface area contributed by atoms with Crippen LogP contribution in [0.2, 0.25) is 0 Å². The maximum Gasteiger partial charge on any atom is 0.0949 e. The Morgan fingerprint density at radius 2 is 2.00 bits per heavy atom. The highest BCUT2D eigenvalue weighted by molar-refractivity contribution is 5.25. The lowest BCUT2D eigenvalue weighted by Crippen LogP contribution is -2.51. The number of hydrogen-bond acceptors (Lipinski definition) is 3. The van der Waals surface area contributed by atoms with Crippen molar-refractivity contribution < 1.29 is 10.2 Å². The maximum atomic E-state index is 11.2. The van der Waals surface area contributed by atoms with Crippen molar-refractivity contribution in [1.82, 2.24) is 9.55 Å². The van der Waals surface area contributed by atoms with Crippen LogP contribution in [0.4, 0.5) is 0 Å². The quantitative estimate of drug-likeness (QED) is 0.754. The molecule has 4 nitrogen and oxygen atoms in total. The summed E-state index contributed by atoms with van der Waals surface area (Å²) in [5.74, 6) is 1.95. The van der Waals surface area contributed by atoms with Gasteiger partial charge in [-0.2, -0.15) is 0 Å². The highest BCUT2D eigenvalue weighted by atomic mass is 16.3. The van der Waals surface area contributed by atoms with E-state index >= 15 is 0 Å². The summed E-state index contributed by atoms with van der Waals surface area (Å²) in [5.41, 5.74) is 1.80. The van der Waals surface area contributed by atoms with Gasteiger partial charge in [-0.05, 0) is 73.5 Å². The first-order valence-electron chi connectivity index (χ1n) is 10.5. The van der Waals surface area contributed by atoms with Crippen molar-refractivity contribution >= 4 is 0 Å². The number of imidazole rings is 1. The molecular weight excluding hydrogens is 324 g/mol. The lowest BCUT2D eigenvalue weighted by molar-refractivity contribution is -0.0743. The molecule has 142 valence electrons. The third kappa shape index (κ3) is 2.18. The molecule has 0 aliphatic heterocycles. The van der Waals surface area contributed by atoms with E-state index in [9.17, 15) is 10.2 Å². The zero-order valence-electron chi connectivity index (χ0n) is 16.0. The van der Waals surface area contributed by atoms with E-state index in [-0.39, 0.29) is 29.1 Å². The summed E-state index contributed by atoms with van der Waals surface area (Å²) in [7, 11) is 0. The van der Waals surface area contributed by atoms with Crippen molar-refractivity contribution in [3.63, 3.8) is 0 Å². The Morgan fingerprint density at radius 1 is 1.15 bits per heavy atom. The van der Waals surface area contributed by atoms with Gasteiger partial charge in [0, 0.05) is 12.4 Å². The molecule has 2 N–H and O–H groups in total. The van der Waals surface area contributed by atoms with E-state index < -0.39 is 0 Å². The highest BCUT2D eigenvalue weighted by Crippen LogP contribution is 2.66. The molecule has 0 saturated heterocycles. The van der Waals surface area contributed by atoms with Gasteiger partial charge in [-0.3, -0.25) is 0 Å². The Bertz CT molecular complexity index is 714. The maximum absolute atomic E-state index is 11.2. The number of aliphatic hydroxyl groups is 2. The molecule has 0 spiro atoms. The van der Waals surface area contributed by atoms with Gasteiger partial charge in [0.1, 0.15) is 0 Å². The normalized spacial score (nSPS) is 50.5.